The van der Waals surface area contributed by atoms with Crippen molar-refractivity contribution in [1.29, 1.82) is 0 Å². The van der Waals surface area contributed by atoms with E-state index in [-0.39, 0.29) is 22.4 Å². The van der Waals surface area contributed by atoms with Gasteiger partial charge < -0.3 is 0 Å². The van der Waals surface area contributed by atoms with Crippen LogP contribution < -0.4 is 0 Å². The summed E-state index contributed by atoms with van der Waals surface area (Å²) >= 11 is 0. The van der Waals surface area contributed by atoms with Crippen molar-refractivity contribution < 1.29 is 31.5 Å². The van der Waals surface area contributed by atoms with Crippen LogP contribution in [0.3, 0.4) is 0 Å². The summed E-state index contributed by atoms with van der Waals surface area (Å²) in [4.78, 5) is 0. The van der Waals surface area contributed by atoms with E-state index in [9.17, 15) is 0 Å². The van der Waals surface area contributed by atoms with E-state index in [0.717, 1.165) is 0 Å². The number of hydrogen-bond donors (Lipinski definition) is 0. The maximum atomic E-state index is 8.40. The second kappa shape index (κ2) is 9.43. The van der Waals surface area contributed by atoms with E-state index in [2.05, 4.69) is 0 Å². The first kappa shape index (κ1) is 8.82. The molecule has 0 aliphatic rings. The maximum absolute atomic E-state index is 8.40. The molecule has 0 aromatic carbocycles. The quantitative estimate of drug-likeness (QED) is 0.466. The average Bonchev–Trinajstić information content (AvgIpc) is 0.918. The van der Waals surface area contributed by atoms with Gasteiger partial charge in [0.1, 0.15) is 0 Å². The fraction of sp³-hybridized carbons (Fsp3) is 0. The molecule has 29 valence electrons. The Morgan fingerprint density at radius 2 is 1.25 bits per heavy atom. The minimum Gasteiger partial charge on any atom is -0.241 e. The molecule has 0 aliphatic carbocycles. The minimum atomic E-state index is -1.42. The van der Waals surface area contributed by atoms with Gasteiger partial charge in [0.25, 0.3) is 0 Å². The molecule has 0 aliphatic heterocycles. The molecule has 1 radical (unpaired) electrons. The third-order valence-electron chi connectivity index (χ3n) is 0. The summed E-state index contributed by atoms with van der Waals surface area (Å²) in [7, 11) is -1.42. The Kier molecular flexibility index (Phi) is 20.8. The largest absolute Gasteiger partial charge is 0.303 e. The summed E-state index contributed by atoms with van der Waals surface area (Å²) in [6, 6.07) is 0. The summed E-state index contributed by atoms with van der Waals surface area (Å²) in [6.07, 6.45) is 0. The monoisotopic (exact) mass is 261 g/mol. The molecule has 0 fully saturated rings. The van der Waals surface area contributed by atoms with Crippen LogP contribution in [-0.4, -0.2) is 0 Å². The molecule has 0 bridgehead atoms. The van der Waals surface area contributed by atoms with Crippen LogP contribution in [0.2, 0.25) is 0 Å². The van der Waals surface area contributed by atoms with Crippen LogP contribution in [0.1, 0.15) is 0 Å². The van der Waals surface area contributed by atoms with Crippen LogP contribution >= 0.6 is 8.34 Å². The number of hydrogen-bond acceptors (Lipinski definition) is 2. The molecule has 0 atom stereocenters. The summed E-state index contributed by atoms with van der Waals surface area (Å²) in [5.41, 5.74) is 0. The zero-order valence-electron chi connectivity index (χ0n) is 1.62. The predicted octanol–water partition coefficient (Wildman–Crippen LogP) is 0.353. The molecular weight excluding hydrogens is 260 g/mol. The molecule has 0 aromatic rings. The molecule has 0 saturated carbocycles. The second-order valence-corrected chi connectivity index (χ2v) is 0.250. The minimum absolute atomic E-state index is 0. The van der Waals surface area contributed by atoms with Crippen LogP contribution in [-0.2, 0) is 31.5 Å². The first-order valence-electron chi connectivity index (χ1n) is 0.408. The Labute approximate surface area is 40.3 Å². The van der Waals surface area contributed by atoms with Gasteiger partial charge in [0.2, 0.25) is 0 Å². The molecule has 0 amide bonds. The number of rotatable bonds is 0. The zero-order chi connectivity index (χ0) is 2.71. The van der Waals surface area contributed by atoms with Crippen molar-refractivity contribution in [1.82, 2.24) is 0 Å². The summed E-state index contributed by atoms with van der Waals surface area (Å²) in [5.74, 6) is 0. The van der Waals surface area contributed by atoms with Gasteiger partial charge in [-0.25, -0.2) is 9.13 Å². The van der Waals surface area contributed by atoms with Gasteiger partial charge in [0, 0.05) is 22.4 Å². The first-order valence-corrected chi connectivity index (χ1v) is 1.22. The molecule has 4 heavy (non-hydrogen) atoms. The van der Waals surface area contributed by atoms with Crippen LogP contribution in [0, 0.1) is 0 Å². The van der Waals surface area contributed by atoms with Crippen molar-refractivity contribution in [2.45, 2.75) is 0 Å². The second-order valence-electron chi connectivity index (χ2n) is 0.0833. The fourth-order valence-corrected chi connectivity index (χ4v) is 0. The van der Waals surface area contributed by atoms with E-state index in [1.54, 1.807) is 0 Å². The molecule has 0 saturated heterocycles. The van der Waals surface area contributed by atoms with E-state index in [1.165, 1.54) is 0 Å². The van der Waals surface area contributed by atoms with Gasteiger partial charge in [-0.05, 0) is 0 Å². The maximum Gasteiger partial charge on any atom is 0.303 e. The van der Waals surface area contributed by atoms with Gasteiger partial charge in [0.15, 0.2) is 0 Å². The fourth-order valence-electron chi connectivity index (χ4n) is 0. The van der Waals surface area contributed by atoms with E-state index in [4.69, 9.17) is 9.13 Å². The molecule has 0 aromatic heterocycles. The SMILES string of the molecule is O=[PH]=O.[Au]. The zero-order valence-corrected chi connectivity index (χ0v) is 4.78. The molecule has 0 rings (SSSR count). The van der Waals surface area contributed by atoms with Crippen molar-refractivity contribution in [2.24, 2.45) is 0 Å². The normalized spacial score (nSPS) is 3.00. The standard InChI is InChI=1S/Au.HO2P/c;1-3-2/h;3H. The Morgan fingerprint density at radius 3 is 1.25 bits per heavy atom. The van der Waals surface area contributed by atoms with Crippen molar-refractivity contribution in [3.8, 4) is 0 Å². The van der Waals surface area contributed by atoms with E-state index in [0.29, 0.717) is 0 Å². The van der Waals surface area contributed by atoms with Crippen molar-refractivity contribution >= 4 is 8.34 Å². The molecule has 0 unspecified atom stereocenters. The summed E-state index contributed by atoms with van der Waals surface area (Å²) in [6.45, 7) is 0. The summed E-state index contributed by atoms with van der Waals surface area (Å²) < 4.78 is 16.8. The Balaban J connectivity index is 0. The Bertz CT molecular complexity index is 27.0. The molecule has 0 heterocycles. The van der Waals surface area contributed by atoms with Crippen molar-refractivity contribution in [2.75, 3.05) is 0 Å². The molecular formula is HAuO2P. The van der Waals surface area contributed by atoms with Gasteiger partial charge in [-0.3, -0.25) is 0 Å². The van der Waals surface area contributed by atoms with Crippen LogP contribution in [0.25, 0.3) is 0 Å². The molecule has 2 nitrogen and oxygen atoms in total. The molecule has 0 spiro atoms. The Morgan fingerprint density at radius 1 is 1.25 bits per heavy atom. The smallest absolute Gasteiger partial charge is 0.241 e. The average molecular weight is 261 g/mol. The van der Waals surface area contributed by atoms with Crippen LogP contribution in [0.4, 0.5) is 0 Å². The van der Waals surface area contributed by atoms with Gasteiger partial charge in [-0.15, -0.1) is 0 Å². The third-order valence-corrected chi connectivity index (χ3v) is 0. The topological polar surface area (TPSA) is 34.1 Å². The van der Waals surface area contributed by atoms with E-state index >= 15 is 0 Å². The molecule has 0 N–H and O–H groups in total. The van der Waals surface area contributed by atoms with Crippen LogP contribution in [0.5, 0.6) is 0 Å². The van der Waals surface area contributed by atoms with E-state index in [1.807, 2.05) is 0 Å². The van der Waals surface area contributed by atoms with Crippen LogP contribution in [0.15, 0.2) is 0 Å². The summed E-state index contributed by atoms with van der Waals surface area (Å²) in [5, 5.41) is 0. The first-order chi connectivity index (χ1) is 1.41. The third kappa shape index (κ3) is 17.3. The van der Waals surface area contributed by atoms with Gasteiger partial charge in [0.05, 0.1) is 0 Å². The van der Waals surface area contributed by atoms with Crippen molar-refractivity contribution in [3.05, 3.63) is 0 Å². The van der Waals surface area contributed by atoms with Gasteiger partial charge in [-0.1, -0.05) is 0 Å². The Hall–Kier alpha value is 0.640. The van der Waals surface area contributed by atoms with Crippen molar-refractivity contribution in [3.63, 3.8) is 0 Å². The van der Waals surface area contributed by atoms with Gasteiger partial charge in [-0.2, -0.15) is 0 Å². The van der Waals surface area contributed by atoms with Gasteiger partial charge >= 0.3 is 8.34 Å². The predicted molar refractivity (Wildman–Crippen MR) is 9.69 cm³/mol. The van der Waals surface area contributed by atoms with E-state index < -0.39 is 8.34 Å². The molecule has 4 heteroatoms.